The average molecular weight is 137 g/mol. The van der Waals surface area contributed by atoms with E-state index in [9.17, 15) is 9.59 Å². The van der Waals surface area contributed by atoms with Crippen molar-refractivity contribution < 1.29 is 9.59 Å². The van der Waals surface area contributed by atoms with Gasteiger partial charge in [0.2, 0.25) is 11.8 Å². The second-order valence-corrected chi connectivity index (χ2v) is 2.63. The summed E-state index contributed by atoms with van der Waals surface area (Å²) in [4.78, 5) is 22.9. The zero-order valence-electron chi connectivity index (χ0n) is 5.57. The minimum atomic E-state index is -0.143. The van der Waals surface area contributed by atoms with Gasteiger partial charge < -0.3 is 0 Å². The molecule has 0 radical (unpaired) electrons. The second kappa shape index (κ2) is 1.48. The Morgan fingerprint density at radius 2 is 2.30 bits per heavy atom. The molecule has 0 aromatic heterocycles. The summed E-state index contributed by atoms with van der Waals surface area (Å²) < 4.78 is 0. The Morgan fingerprint density at radius 1 is 1.60 bits per heavy atom. The van der Waals surface area contributed by atoms with Gasteiger partial charge in [0.05, 0.1) is 12.0 Å². The molecular weight excluding hydrogens is 130 g/mol. The van der Waals surface area contributed by atoms with E-state index in [1.54, 1.807) is 0 Å². The van der Waals surface area contributed by atoms with E-state index < -0.39 is 0 Å². The molecule has 2 atom stereocenters. The van der Waals surface area contributed by atoms with Gasteiger partial charge in [0.1, 0.15) is 0 Å². The molecule has 0 unspecified atom stereocenters. The number of carbonyl (C=O) groups excluding carboxylic acids is 2. The van der Waals surface area contributed by atoms with Crippen molar-refractivity contribution in [3.8, 4) is 0 Å². The van der Waals surface area contributed by atoms with Crippen molar-refractivity contribution in [2.75, 3.05) is 0 Å². The first-order valence-electron chi connectivity index (χ1n) is 3.24. The van der Waals surface area contributed by atoms with Crippen molar-refractivity contribution in [3.63, 3.8) is 0 Å². The van der Waals surface area contributed by atoms with E-state index in [-0.39, 0.29) is 23.8 Å². The second-order valence-electron chi connectivity index (χ2n) is 2.63. The van der Waals surface area contributed by atoms with Crippen LogP contribution in [0.3, 0.4) is 0 Å². The van der Waals surface area contributed by atoms with Gasteiger partial charge in [0.15, 0.2) is 0 Å². The number of hydrogen-bond donors (Lipinski definition) is 0. The van der Waals surface area contributed by atoms with Crippen LogP contribution < -0.4 is 0 Å². The molecule has 0 aromatic carbocycles. The van der Waals surface area contributed by atoms with Crippen molar-refractivity contribution >= 4 is 11.8 Å². The number of amides is 2. The Kier molecular flexibility index (Phi) is 0.836. The maximum Gasteiger partial charge on any atom is 0.239 e. The highest BCUT2D eigenvalue weighted by Crippen LogP contribution is 2.35. The van der Waals surface area contributed by atoms with Crippen LogP contribution in [0.25, 0.3) is 0 Å². The molecule has 2 amide bonds. The highest BCUT2D eigenvalue weighted by Gasteiger charge is 2.50. The van der Waals surface area contributed by atoms with Crippen molar-refractivity contribution in [2.45, 2.75) is 13.0 Å². The van der Waals surface area contributed by atoms with E-state index in [1.165, 1.54) is 11.8 Å². The molecule has 1 aliphatic heterocycles. The van der Waals surface area contributed by atoms with Crippen molar-refractivity contribution in [2.24, 2.45) is 5.92 Å². The molecule has 10 heavy (non-hydrogen) atoms. The van der Waals surface area contributed by atoms with Crippen LogP contribution in [-0.2, 0) is 9.59 Å². The van der Waals surface area contributed by atoms with E-state index in [4.69, 9.17) is 0 Å². The zero-order valence-corrected chi connectivity index (χ0v) is 5.57. The molecule has 0 N–H and O–H groups in total. The lowest BCUT2D eigenvalue weighted by atomic mass is 9.78. The SMILES string of the molecule is CC(=O)N1C(=O)[C@H]2C=C[C@H]21. The summed E-state index contributed by atoms with van der Waals surface area (Å²) >= 11 is 0. The topological polar surface area (TPSA) is 37.4 Å². The third-order valence-corrected chi connectivity index (χ3v) is 2.04. The maximum atomic E-state index is 10.9. The van der Waals surface area contributed by atoms with E-state index in [0.717, 1.165) is 0 Å². The first kappa shape index (κ1) is 5.65. The van der Waals surface area contributed by atoms with Crippen LogP contribution in [0, 0.1) is 5.92 Å². The summed E-state index contributed by atoms with van der Waals surface area (Å²) in [5.74, 6) is -0.153. The molecule has 3 heteroatoms. The van der Waals surface area contributed by atoms with Crippen LogP contribution in [0.2, 0.25) is 0 Å². The first-order chi connectivity index (χ1) is 4.72. The largest absolute Gasteiger partial charge is 0.275 e. The number of fused-ring (bicyclic) bond motifs is 1. The number of carbonyl (C=O) groups is 2. The Bertz CT molecular complexity index is 244. The molecule has 2 rings (SSSR count). The summed E-state index contributed by atoms with van der Waals surface area (Å²) in [6.45, 7) is 1.42. The van der Waals surface area contributed by atoms with Crippen LogP contribution in [0.15, 0.2) is 12.2 Å². The van der Waals surface area contributed by atoms with Crippen molar-refractivity contribution in [3.05, 3.63) is 12.2 Å². The predicted molar refractivity (Wildman–Crippen MR) is 33.9 cm³/mol. The van der Waals surface area contributed by atoms with Crippen LogP contribution in [0.1, 0.15) is 6.92 Å². The van der Waals surface area contributed by atoms with Gasteiger partial charge in [-0.1, -0.05) is 12.2 Å². The fourth-order valence-electron chi connectivity index (χ4n) is 1.39. The summed E-state index contributed by atoms with van der Waals surface area (Å²) in [7, 11) is 0. The number of β-lactam (4-membered cyclic amide) rings is 1. The summed E-state index contributed by atoms with van der Waals surface area (Å²) in [5, 5.41) is 0. The molecule has 1 aliphatic carbocycles. The Balaban J connectivity index is 2.21. The number of rotatable bonds is 0. The van der Waals surface area contributed by atoms with Gasteiger partial charge in [-0.25, -0.2) is 0 Å². The molecule has 0 spiro atoms. The molecule has 0 saturated carbocycles. The lowest BCUT2D eigenvalue weighted by molar-refractivity contribution is -0.161. The van der Waals surface area contributed by atoms with Gasteiger partial charge in [-0.15, -0.1) is 0 Å². The first-order valence-corrected chi connectivity index (χ1v) is 3.24. The van der Waals surface area contributed by atoms with E-state index in [0.29, 0.717) is 0 Å². The minimum absolute atomic E-state index is 0.0314. The summed E-state index contributed by atoms with van der Waals surface area (Å²) in [5.41, 5.74) is 0. The number of imide groups is 1. The monoisotopic (exact) mass is 137 g/mol. The lowest BCUT2D eigenvalue weighted by Crippen LogP contribution is -2.64. The molecule has 1 heterocycles. The number of hydrogen-bond acceptors (Lipinski definition) is 2. The Labute approximate surface area is 58.3 Å². The average Bonchev–Trinajstić information content (AvgIpc) is 1.79. The number of likely N-dealkylation sites (tertiary alicyclic amines) is 1. The molecule has 2 aliphatic rings. The lowest BCUT2D eigenvalue weighted by Gasteiger charge is -2.47. The molecule has 0 aromatic rings. The van der Waals surface area contributed by atoms with Gasteiger partial charge in [-0.2, -0.15) is 0 Å². The molecule has 52 valence electrons. The molecule has 1 saturated heterocycles. The highest BCUT2D eigenvalue weighted by atomic mass is 16.2. The Hall–Kier alpha value is -1.12. The molecule has 1 fully saturated rings. The van der Waals surface area contributed by atoms with E-state index in [2.05, 4.69) is 0 Å². The minimum Gasteiger partial charge on any atom is -0.275 e. The smallest absolute Gasteiger partial charge is 0.239 e. The third-order valence-electron chi connectivity index (χ3n) is 2.04. The normalized spacial score (nSPS) is 34.5. The van der Waals surface area contributed by atoms with Gasteiger partial charge in [0.25, 0.3) is 0 Å². The fraction of sp³-hybridized carbons (Fsp3) is 0.429. The molecular formula is C7H7NO2. The van der Waals surface area contributed by atoms with Crippen LogP contribution in [0.5, 0.6) is 0 Å². The quantitative estimate of drug-likeness (QED) is 0.346. The standard InChI is InChI=1S/C7H7NO2/c1-4(9)8-6-3-2-5(6)7(8)10/h2-3,5-6H,1H3/t5-,6+/m0/s1. The van der Waals surface area contributed by atoms with Gasteiger partial charge in [-0.05, 0) is 0 Å². The summed E-state index contributed by atoms with van der Waals surface area (Å²) in [6.07, 6.45) is 3.72. The third kappa shape index (κ3) is 0.417. The van der Waals surface area contributed by atoms with Gasteiger partial charge in [-0.3, -0.25) is 14.5 Å². The number of nitrogens with zero attached hydrogens (tertiary/aromatic N) is 1. The van der Waals surface area contributed by atoms with E-state index >= 15 is 0 Å². The summed E-state index contributed by atoms with van der Waals surface area (Å²) in [6, 6.07) is 0.102. The van der Waals surface area contributed by atoms with Gasteiger partial charge in [0, 0.05) is 6.92 Å². The highest BCUT2D eigenvalue weighted by molar-refractivity contribution is 6.04. The molecule has 0 bridgehead atoms. The van der Waals surface area contributed by atoms with E-state index in [1.807, 2.05) is 12.2 Å². The van der Waals surface area contributed by atoms with Crippen LogP contribution in [-0.4, -0.2) is 22.8 Å². The maximum absolute atomic E-state index is 10.9. The fourth-order valence-corrected chi connectivity index (χ4v) is 1.39. The van der Waals surface area contributed by atoms with Gasteiger partial charge >= 0.3 is 0 Å². The van der Waals surface area contributed by atoms with Crippen molar-refractivity contribution in [1.82, 2.24) is 4.90 Å². The Morgan fingerprint density at radius 3 is 2.50 bits per heavy atom. The zero-order chi connectivity index (χ0) is 7.30. The van der Waals surface area contributed by atoms with Crippen molar-refractivity contribution in [1.29, 1.82) is 0 Å². The van der Waals surface area contributed by atoms with Crippen LogP contribution in [0.4, 0.5) is 0 Å². The molecule has 3 nitrogen and oxygen atoms in total. The predicted octanol–water partition coefficient (Wildman–Crippen LogP) is -0.0703. The van der Waals surface area contributed by atoms with Crippen LogP contribution >= 0.6 is 0 Å².